The van der Waals surface area contributed by atoms with Crippen molar-refractivity contribution < 1.29 is 4.39 Å². The van der Waals surface area contributed by atoms with Crippen LogP contribution in [0.3, 0.4) is 0 Å². The lowest BCUT2D eigenvalue weighted by Crippen LogP contribution is -2.47. The van der Waals surface area contributed by atoms with Gasteiger partial charge in [0.2, 0.25) is 0 Å². The van der Waals surface area contributed by atoms with Crippen LogP contribution >= 0.6 is 0 Å². The number of hydrogen-bond donors (Lipinski definition) is 1. The van der Waals surface area contributed by atoms with Gasteiger partial charge in [-0.2, -0.15) is 5.10 Å². The van der Waals surface area contributed by atoms with Gasteiger partial charge in [-0.05, 0) is 38.2 Å². The predicted molar refractivity (Wildman–Crippen MR) is 96.8 cm³/mol. The molecule has 0 aliphatic carbocycles. The Balaban J connectivity index is 1.88. The first-order valence-electron chi connectivity index (χ1n) is 8.22. The first-order chi connectivity index (χ1) is 11.6. The molecule has 2 aromatic carbocycles. The van der Waals surface area contributed by atoms with Crippen LogP contribution in [-0.4, -0.2) is 48.9 Å². The van der Waals surface area contributed by atoms with Crippen LogP contribution in [0.5, 0.6) is 0 Å². The fourth-order valence-corrected chi connectivity index (χ4v) is 2.71. The average Bonchev–Trinajstić information content (AvgIpc) is 2.59. The summed E-state index contributed by atoms with van der Waals surface area (Å²) in [5.74, 6) is 0.405. The van der Waals surface area contributed by atoms with Crippen molar-refractivity contribution in [2.75, 3.05) is 38.7 Å². The summed E-state index contributed by atoms with van der Waals surface area (Å²) in [6, 6.07) is 14.8. The maximum Gasteiger partial charge on any atom is 0.159 e. The summed E-state index contributed by atoms with van der Waals surface area (Å²) in [5, 5.41) is 4.54. The molecule has 3 rings (SSSR count). The second-order valence-electron chi connectivity index (χ2n) is 6.18. The molecular formula is C19H23FN4. The molecule has 1 N–H and O–H groups in total. The van der Waals surface area contributed by atoms with Crippen LogP contribution in [0.4, 0.5) is 10.1 Å². The van der Waals surface area contributed by atoms with Crippen LogP contribution in [0.15, 0.2) is 53.6 Å². The van der Waals surface area contributed by atoms with Crippen LogP contribution in [0, 0.1) is 12.7 Å². The van der Waals surface area contributed by atoms with Gasteiger partial charge in [-0.25, -0.2) is 4.39 Å². The van der Waals surface area contributed by atoms with E-state index in [0.29, 0.717) is 11.4 Å². The highest BCUT2D eigenvalue weighted by Crippen LogP contribution is 2.15. The zero-order valence-corrected chi connectivity index (χ0v) is 14.2. The molecule has 0 saturated carbocycles. The van der Waals surface area contributed by atoms with Crippen molar-refractivity contribution in [2.45, 2.75) is 6.92 Å². The number of anilines is 1. The molecule has 0 amide bonds. The maximum absolute atomic E-state index is 14.3. The van der Waals surface area contributed by atoms with Crippen molar-refractivity contribution in [3.8, 4) is 0 Å². The van der Waals surface area contributed by atoms with E-state index >= 15 is 0 Å². The number of likely N-dealkylation sites (N-methyl/N-ethyl adjacent to an activating group) is 1. The quantitative estimate of drug-likeness (QED) is 0.534. The van der Waals surface area contributed by atoms with Gasteiger partial charge in [-0.3, -0.25) is 5.43 Å². The Morgan fingerprint density at radius 1 is 1.00 bits per heavy atom. The van der Waals surface area contributed by atoms with Gasteiger partial charge in [0.25, 0.3) is 0 Å². The minimum absolute atomic E-state index is 0.249. The first-order valence-corrected chi connectivity index (χ1v) is 8.22. The summed E-state index contributed by atoms with van der Waals surface area (Å²) in [6.07, 6.45) is 0. The molecule has 1 fully saturated rings. The summed E-state index contributed by atoms with van der Waals surface area (Å²) in [4.78, 5) is 4.41. The van der Waals surface area contributed by atoms with Gasteiger partial charge >= 0.3 is 0 Å². The SMILES string of the molecule is Cc1ccc(NN=C(c2ccccc2F)N2CCN(C)CC2)cc1. The number of hydrazone groups is 1. The van der Waals surface area contributed by atoms with Crippen LogP contribution < -0.4 is 5.43 Å². The Morgan fingerprint density at radius 3 is 2.33 bits per heavy atom. The highest BCUT2D eigenvalue weighted by atomic mass is 19.1. The van der Waals surface area contributed by atoms with Crippen molar-refractivity contribution in [1.82, 2.24) is 9.80 Å². The van der Waals surface area contributed by atoms with E-state index in [2.05, 4.69) is 27.4 Å². The number of benzene rings is 2. The molecule has 1 saturated heterocycles. The number of hydrogen-bond acceptors (Lipinski definition) is 3. The van der Waals surface area contributed by atoms with Gasteiger partial charge in [0.1, 0.15) is 5.82 Å². The van der Waals surface area contributed by atoms with Crippen LogP contribution in [0.2, 0.25) is 0 Å². The van der Waals surface area contributed by atoms with Crippen molar-refractivity contribution in [2.24, 2.45) is 5.10 Å². The van der Waals surface area contributed by atoms with Crippen LogP contribution in [-0.2, 0) is 0 Å². The third-order valence-electron chi connectivity index (χ3n) is 4.26. The molecule has 2 aromatic rings. The summed E-state index contributed by atoms with van der Waals surface area (Å²) in [7, 11) is 2.10. The molecule has 24 heavy (non-hydrogen) atoms. The lowest BCUT2D eigenvalue weighted by atomic mass is 10.1. The maximum atomic E-state index is 14.3. The zero-order valence-electron chi connectivity index (χ0n) is 14.2. The minimum Gasteiger partial charge on any atom is -0.352 e. The Hall–Kier alpha value is -2.40. The first kappa shape index (κ1) is 16.5. The number of piperazine rings is 1. The topological polar surface area (TPSA) is 30.9 Å². The number of amidine groups is 1. The molecule has 0 radical (unpaired) electrons. The van der Waals surface area contributed by atoms with E-state index in [1.54, 1.807) is 12.1 Å². The highest BCUT2D eigenvalue weighted by Gasteiger charge is 2.21. The minimum atomic E-state index is -0.249. The number of aryl methyl sites for hydroxylation is 1. The molecule has 0 aromatic heterocycles. The Kier molecular flexibility index (Phi) is 5.11. The largest absolute Gasteiger partial charge is 0.352 e. The van der Waals surface area contributed by atoms with Crippen molar-refractivity contribution in [1.29, 1.82) is 0 Å². The summed E-state index contributed by atoms with van der Waals surface area (Å²) in [5.41, 5.74) is 5.69. The predicted octanol–water partition coefficient (Wildman–Crippen LogP) is 3.16. The van der Waals surface area contributed by atoms with E-state index in [0.717, 1.165) is 31.9 Å². The van der Waals surface area contributed by atoms with E-state index in [4.69, 9.17) is 0 Å². The van der Waals surface area contributed by atoms with Gasteiger partial charge < -0.3 is 9.80 Å². The summed E-state index contributed by atoms with van der Waals surface area (Å²) < 4.78 is 14.3. The smallest absolute Gasteiger partial charge is 0.159 e. The van der Waals surface area contributed by atoms with Crippen molar-refractivity contribution in [3.63, 3.8) is 0 Å². The van der Waals surface area contributed by atoms with Gasteiger partial charge in [0.15, 0.2) is 5.84 Å². The lowest BCUT2D eigenvalue weighted by molar-refractivity contribution is 0.215. The molecule has 0 bridgehead atoms. The van der Waals surface area contributed by atoms with E-state index in [1.807, 2.05) is 37.3 Å². The third-order valence-corrected chi connectivity index (χ3v) is 4.26. The average molecular weight is 326 g/mol. The second-order valence-corrected chi connectivity index (χ2v) is 6.18. The van der Waals surface area contributed by atoms with E-state index in [1.165, 1.54) is 11.6 Å². The molecule has 4 nitrogen and oxygen atoms in total. The van der Waals surface area contributed by atoms with Crippen LogP contribution in [0.25, 0.3) is 0 Å². The zero-order chi connectivity index (χ0) is 16.9. The van der Waals surface area contributed by atoms with E-state index in [-0.39, 0.29) is 5.82 Å². The molecule has 0 atom stereocenters. The third kappa shape index (κ3) is 3.92. The Labute approximate surface area is 142 Å². The normalized spacial score (nSPS) is 16.3. The van der Waals surface area contributed by atoms with Crippen molar-refractivity contribution >= 4 is 11.5 Å². The molecule has 5 heteroatoms. The number of halogens is 1. The summed E-state index contributed by atoms with van der Waals surface area (Å²) in [6.45, 7) is 5.59. The Bertz CT molecular complexity index is 704. The number of nitrogens with zero attached hydrogens (tertiary/aromatic N) is 3. The molecule has 126 valence electrons. The monoisotopic (exact) mass is 326 g/mol. The number of nitrogens with one attached hydrogen (secondary N) is 1. The van der Waals surface area contributed by atoms with Gasteiger partial charge in [0.05, 0.1) is 11.3 Å². The Morgan fingerprint density at radius 2 is 1.67 bits per heavy atom. The van der Waals surface area contributed by atoms with E-state index < -0.39 is 0 Å². The second kappa shape index (κ2) is 7.45. The molecule has 0 spiro atoms. The van der Waals surface area contributed by atoms with Crippen molar-refractivity contribution in [3.05, 3.63) is 65.5 Å². The van der Waals surface area contributed by atoms with Crippen LogP contribution in [0.1, 0.15) is 11.1 Å². The lowest BCUT2D eigenvalue weighted by Gasteiger charge is -2.34. The molecule has 1 aliphatic rings. The fourth-order valence-electron chi connectivity index (χ4n) is 2.71. The standard InChI is InChI=1S/C19H23FN4/c1-15-7-9-16(10-8-15)21-22-19(17-5-3-4-6-18(17)20)24-13-11-23(2)12-14-24/h3-10,21H,11-14H2,1-2H3. The fraction of sp³-hybridized carbons (Fsp3) is 0.316. The van der Waals surface area contributed by atoms with Gasteiger partial charge in [0, 0.05) is 26.2 Å². The van der Waals surface area contributed by atoms with Gasteiger partial charge in [-0.1, -0.05) is 29.8 Å². The molecule has 0 unspecified atom stereocenters. The van der Waals surface area contributed by atoms with Gasteiger partial charge in [-0.15, -0.1) is 0 Å². The number of rotatable bonds is 3. The van der Waals surface area contributed by atoms with E-state index in [9.17, 15) is 4.39 Å². The summed E-state index contributed by atoms with van der Waals surface area (Å²) >= 11 is 0. The molecule has 1 heterocycles. The molecule has 1 aliphatic heterocycles. The highest BCUT2D eigenvalue weighted by molar-refractivity contribution is 5.99. The molecular weight excluding hydrogens is 303 g/mol.